The van der Waals surface area contributed by atoms with Crippen molar-refractivity contribution in [2.75, 3.05) is 26.3 Å². The summed E-state index contributed by atoms with van der Waals surface area (Å²) >= 11 is 0. The van der Waals surface area contributed by atoms with Crippen LogP contribution in [0.5, 0.6) is 0 Å². The Hall–Kier alpha value is -7.96. The van der Waals surface area contributed by atoms with Gasteiger partial charge in [-0.1, -0.05) is 45.9 Å². The molecule has 0 fully saturated rings. The number of aliphatic hydroxyl groups excluding tert-OH is 3. The number of aliphatic carboxylic acids is 1. The molecule has 10 atom stereocenters. The number of nitrogens with two attached hydrogens (primary N) is 4. The molecule has 10 amide bonds. The van der Waals surface area contributed by atoms with Crippen molar-refractivity contribution in [2.24, 2.45) is 39.8 Å². The van der Waals surface area contributed by atoms with Crippen LogP contribution in [0.4, 0.5) is 0 Å². The normalized spacial score (nSPS) is 15.1. The lowest BCUT2D eigenvalue weighted by Crippen LogP contribution is -2.62. The standard InChI is InChI=1S/C47H75N15O15/c1-21(2)14-29(57-42(73)31(16-34(48)66)58-45(76)36(49)22(3)4)43(74)62-37(24(6)65)46(77)59-30(15-25-17-53-27-11-8-7-10-26(25)27)41(72)61-33(20-64)44(75)56-28(12-9-13-52-47(50)51)40(71)55-23(5)38(69)60-32(19-63)39(70)54-18-35(67)68/h7-8,10-11,17,21-24,28-33,36-37,53,63-65H,9,12-16,18-20,49H2,1-6H3,(H2,48,66)(H,54,70)(H,55,71)(H,56,75)(H,57,73)(H,58,76)(H,59,77)(H,60,69)(H,61,72)(H,62,74)(H,67,68)(H4,50,51,52)/t23-,24+,28-,29-,30-,31-,32-,33-,36-,37-/m0/s1. The van der Waals surface area contributed by atoms with Crippen molar-refractivity contribution in [3.8, 4) is 0 Å². The lowest BCUT2D eigenvalue weighted by Gasteiger charge is -2.29. The summed E-state index contributed by atoms with van der Waals surface area (Å²) in [6.45, 7) is 6.22. The summed E-state index contributed by atoms with van der Waals surface area (Å²) in [5.41, 5.74) is 23.2. The monoisotopic (exact) mass is 1090 g/mol. The number of hydrogen-bond acceptors (Lipinski definition) is 16. The number of hydrogen-bond donors (Lipinski definition) is 18. The lowest BCUT2D eigenvalue weighted by atomic mass is 10.0. The molecule has 0 bridgehead atoms. The first-order valence-electron chi connectivity index (χ1n) is 24.6. The number of carboxylic acid groups (broad SMARTS) is 1. The van der Waals surface area contributed by atoms with Crippen molar-refractivity contribution >= 4 is 81.9 Å². The molecule has 0 saturated heterocycles. The first kappa shape index (κ1) is 65.2. The molecule has 22 N–H and O–H groups in total. The van der Waals surface area contributed by atoms with E-state index in [1.165, 1.54) is 6.92 Å². The third kappa shape index (κ3) is 22.0. The number of carboxylic acids is 1. The van der Waals surface area contributed by atoms with Gasteiger partial charge in [-0.15, -0.1) is 0 Å². The van der Waals surface area contributed by atoms with E-state index in [1.54, 1.807) is 58.2 Å². The third-order valence-electron chi connectivity index (χ3n) is 11.6. The van der Waals surface area contributed by atoms with Gasteiger partial charge in [0.1, 0.15) is 54.9 Å². The summed E-state index contributed by atoms with van der Waals surface area (Å²) in [7, 11) is 0. The van der Waals surface area contributed by atoms with Crippen molar-refractivity contribution in [1.82, 2.24) is 52.8 Å². The number of aliphatic imine (C=N–C) groups is 1. The summed E-state index contributed by atoms with van der Waals surface area (Å²) in [6, 6.07) is -6.98. The molecule has 30 nitrogen and oxygen atoms in total. The molecule has 0 saturated carbocycles. The van der Waals surface area contributed by atoms with Crippen LogP contribution in [0.3, 0.4) is 0 Å². The summed E-state index contributed by atoms with van der Waals surface area (Å²) < 4.78 is 0. The molecule has 77 heavy (non-hydrogen) atoms. The molecule has 0 aliphatic carbocycles. The summed E-state index contributed by atoms with van der Waals surface area (Å²) in [4.78, 5) is 151. The summed E-state index contributed by atoms with van der Waals surface area (Å²) in [6.07, 6.45) is -1.27. The SMILES string of the molecule is CC(C)C[C@H](NC(=O)[C@H](CC(N)=O)NC(=O)[C@@H](N)C(C)C)C(=O)N[C@H](C(=O)N[C@@H](Cc1c[nH]c2ccccc12)C(=O)N[C@@H](CO)C(=O)N[C@@H](CCCN=C(N)N)C(=O)N[C@@H](C)C(=O)N[C@@H](CO)C(=O)NCC(=O)O)[C@@H](C)O. The molecular formula is C47H75N15O15. The van der Waals surface area contributed by atoms with Crippen molar-refractivity contribution in [3.05, 3.63) is 36.0 Å². The Kier molecular flexibility index (Phi) is 26.9. The number of fused-ring (bicyclic) bond motifs is 1. The fourth-order valence-electron chi connectivity index (χ4n) is 7.27. The minimum Gasteiger partial charge on any atom is -0.480 e. The maximum absolute atomic E-state index is 14.3. The van der Waals surface area contributed by atoms with Crippen LogP contribution in [0.25, 0.3) is 10.9 Å². The minimum atomic E-state index is -1.83. The molecule has 0 aliphatic heterocycles. The number of aliphatic hydroxyl groups is 3. The van der Waals surface area contributed by atoms with E-state index < -0.39 is 152 Å². The second-order valence-electron chi connectivity index (χ2n) is 18.9. The zero-order valence-corrected chi connectivity index (χ0v) is 43.7. The van der Waals surface area contributed by atoms with Gasteiger partial charge in [0.15, 0.2) is 5.96 Å². The highest BCUT2D eigenvalue weighted by Gasteiger charge is 2.37. The Morgan fingerprint density at radius 2 is 1.14 bits per heavy atom. The van der Waals surface area contributed by atoms with Crippen LogP contribution in [0.1, 0.15) is 72.8 Å². The third-order valence-corrected chi connectivity index (χ3v) is 11.6. The Morgan fingerprint density at radius 1 is 0.623 bits per heavy atom. The van der Waals surface area contributed by atoms with Crippen LogP contribution in [0, 0.1) is 11.8 Å². The van der Waals surface area contributed by atoms with E-state index in [0.717, 1.165) is 6.92 Å². The van der Waals surface area contributed by atoms with Crippen LogP contribution >= 0.6 is 0 Å². The van der Waals surface area contributed by atoms with E-state index in [1.807, 2.05) is 5.32 Å². The minimum absolute atomic E-state index is 0.0385. The molecule has 1 aromatic heterocycles. The van der Waals surface area contributed by atoms with Gasteiger partial charge in [-0.25, -0.2) is 0 Å². The predicted octanol–water partition coefficient (Wildman–Crippen LogP) is -6.87. The quantitative estimate of drug-likeness (QED) is 0.0179. The van der Waals surface area contributed by atoms with E-state index in [4.69, 9.17) is 28.0 Å². The zero-order chi connectivity index (χ0) is 58.3. The molecule has 0 unspecified atom stereocenters. The van der Waals surface area contributed by atoms with Crippen LogP contribution in [-0.4, -0.2) is 183 Å². The van der Waals surface area contributed by atoms with Crippen molar-refractivity contribution < 1.29 is 73.2 Å². The van der Waals surface area contributed by atoms with E-state index in [2.05, 4.69) is 52.5 Å². The highest BCUT2D eigenvalue weighted by atomic mass is 16.4. The van der Waals surface area contributed by atoms with Crippen LogP contribution in [-0.2, 0) is 59.2 Å². The number of H-pyrrole nitrogens is 1. The number of guanidine groups is 1. The number of amides is 10. The molecule has 2 rings (SSSR count). The fourth-order valence-corrected chi connectivity index (χ4v) is 7.27. The number of para-hydroxylation sites is 1. The molecule has 30 heteroatoms. The van der Waals surface area contributed by atoms with E-state index in [9.17, 15) is 68.1 Å². The number of carbonyl (C=O) groups excluding carboxylic acids is 10. The summed E-state index contributed by atoms with van der Waals surface area (Å²) in [5, 5.41) is 61.5. The smallest absolute Gasteiger partial charge is 0.322 e. The average molecular weight is 1090 g/mol. The molecule has 0 aliphatic rings. The van der Waals surface area contributed by atoms with Crippen molar-refractivity contribution in [2.45, 2.75) is 134 Å². The number of aromatic nitrogens is 1. The van der Waals surface area contributed by atoms with E-state index in [-0.39, 0.29) is 50.0 Å². The van der Waals surface area contributed by atoms with Crippen molar-refractivity contribution in [1.29, 1.82) is 0 Å². The molecule has 1 aromatic carbocycles. The van der Waals surface area contributed by atoms with Gasteiger partial charge < -0.3 is 96.2 Å². The van der Waals surface area contributed by atoms with E-state index in [0.29, 0.717) is 16.5 Å². The van der Waals surface area contributed by atoms with Crippen LogP contribution < -0.4 is 70.8 Å². The second-order valence-corrected chi connectivity index (χ2v) is 18.9. The van der Waals surface area contributed by atoms with Gasteiger partial charge in [-0.2, -0.15) is 0 Å². The first-order chi connectivity index (χ1) is 36.1. The maximum Gasteiger partial charge on any atom is 0.322 e. The van der Waals surface area contributed by atoms with Gasteiger partial charge in [0.25, 0.3) is 0 Å². The number of aromatic amines is 1. The lowest BCUT2D eigenvalue weighted by molar-refractivity contribution is -0.139. The van der Waals surface area contributed by atoms with Gasteiger partial charge >= 0.3 is 5.97 Å². The van der Waals surface area contributed by atoms with Gasteiger partial charge in [-0.3, -0.25) is 57.7 Å². The first-order valence-corrected chi connectivity index (χ1v) is 24.6. The van der Waals surface area contributed by atoms with Crippen molar-refractivity contribution in [3.63, 3.8) is 0 Å². The Bertz CT molecular complexity index is 2430. The Balaban J connectivity index is 2.45. The number of nitrogens with zero attached hydrogens (tertiary/aromatic N) is 1. The highest BCUT2D eigenvalue weighted by molar-refractivity contribution is 5.99. The molecular weight excluding hydrogens is 1010 g/mol. The number of benzene rings is 1. The number of carbonyl (C=O) groups is 11. The molecule has 1 heterocycles. The fraction of sp³-hybridized carbons (Fsp3) is 0.574. The second kappa shape index (κ2) is 31.8. The van der Waals surface area contributed by atoms with Crippen LogP contribution in [0.2, 0.25) is 0 Å². The molecule has 0 radical (unpaired) electrons. The topological polar surface area (TPSA) is 509 Å². The van der Waals surface area contributed by atoms with Gasteiger partial charge in [0.05, 0.1) is 31.8 Å². The number of nitrogens with one attached hydrogen (secondary N) is 10. The zero-order valence-electron chi connectivity index (χ0n) is 43.7. The van der Waals surface area contributed by atoms with Gasteiger partial charge in [0, 0.05) is 30.1 Å². The number of rotatable bonds is 33. The van der Waals surface area contributed by atoms with Gasteiger partial charge in [-0.05, 0) is 56.6 Å². The predicted molar refractivity (Wildman–Crippen MR) is 276 cm³/mol. The molecule has 0 spiro atoms. The largest absolute Gasteiger partial charge is 0.480 e. The maximum atomic E-state index is 14.3. The molecule has 428 valence electrons. The molecule has 2 aromatic rings. The van der Waals surface area contributed by atoms with E-state index >= 15 is 0 Å². The highest BCUT2D eigenvalue weighted by Crippen LogP contribution is 2.20. The Labute approximate surface area is 443 Å². The Morgan fingerprint density at radius 3 is 1.71 bits per heavy atom. The average Bonchev–Trinajstić information content (AvgIpc) is 3.76. The van der Waals surface area contributed by atoms with Crippen LogP contribution in [0.15, 0.2) is 35.5 Å². The number of primary amides is 1. The summed E-state index contributed by atoms with van der Waals surface area (Å²) in [5.74, 6) is -12.4. The van der Waals surface area contributed by atoms with Gasteiger partial charge in [0.2, 0.25) is 59.1 Å².